The van der Waals surface area contributed by atoms with E-state index in [9.17, 15) is 18.4 Å². The Morgan fingerprint density at radius 1 is 0.903 bits per heavy atom. The molecule has 2 heterocycles. The Morgan fingerprint density at radius 3 is 2.29 bits per heavy atom. The van der Waals surface area contributed by atoms with Crippen LogP contribution in [0.4, 0.5) is 8.78 Å². The molecular weight excluding hydrogens is 400 g/mol. The molecule has 1 atom stereocenters. The normalized spacial score (nSPS) is 15.5. The molecule has 1 unspecified atom stereocenters. The standard InChI is InChI=1S/C25H17F2NO3/c1-14-2-4-15(5-3-14)13-28-22(16-6-8-17(26)9-7-16)21-23(29)19-12-18(27)10-11-20(19)31-24(21)25(28)30/h2-12,22H,13H2,1H3. The van der Waals surface area contributed by atoms with Crippen molar-refractivity contribution >= 4 is 16.9 Å². The molecule has 1 aliphatic heterocycles. The van der Waals surface area contributed by atoms with E-state index in [-0.39, 0.29) is 28.8 Å². The molecule has 0 saturated carbocycles. The van der Waals surface area contributed by atoms with Crippen LogP contribution in [0.25, 0.3) is 11.0 Å². The smallest absolute Gasteiger partial charge is 0.291 e. The maximum Gasteiger partial charge on any atom is 0.291 e. The first kappa shape index (κ1) is 19.2. The van der Waals surface area contributed by atoms with Gasteiger partial charge in [0, 0.05) is 6.54 Å². The highest BCUT2D eigenvalue weighted by Gasteiger charge is 2.42. The summed E-state index contributed by atoms with van der Waals surface area (Å²) in [5, 5.41) is 0.0656. The van der Waals surface area contributed by atoms with Crippen molar-refractivity contribution in [1.82, 2.24) is 4.90 Å². The Kier molecular flexibility index (Phi) is 4.43. The number of hydrogen-bond donors (Lipinski definition) is 0. The molecule has 0 radical (unpaired) electrons. The summed E-state index contributed by atoms with van der Waals surface area (Å²) in [6, 6.07) is 16.2. The van der Waals surface area contributed by atoms with Crippen LogP contribution < -0.4 is 5.43 Å². The van der Waals surface area contributed by atoms with Crippen LogP contribution in [-0.4, -0.2) is 10.8 Å². The van der Waals surface area contributed by atoms with Gasteiger partial charge in [0.2, 0.25) is 5.76 Å². The van der Waals surface area contributed by atoms with Gasteiger partial charge in [-0.2, -0.15) is 0 Å². The van der Waals surface area contributed by atoms with Crippen LogP contribution in [0.15, 0.2) is 75.9 Å². The summed E-state index contributed by atoms with van der Waals surface area (Å²) in [6.45, 7) is 2.20. The van der Waals surface area contributed by atoms with Gasteiger partial charge < -0.3 is 9.32 Å². The van der Waals surface area contributed by atoms with Crippen LogP contribution in [0.2, 0.25) is 0 Å². The minimum absolute atomic E-state index is 0.0643. The van der Waals surface area contributed by atoms with Crippen molar-refractivity contribution in [1.29, 1.82) is 0 Å². The highest BCUT2D eigenvalue weighted by Crippen LogP contribution is 2.39. The van der Waals surface area contributed by atoms with Gasteiger partial charge in [0.05, 0.1) is 17.0 Å². The van der Waals surface area contributed by atoms with Crippen molar-refractivity contribution in [3.05, 3.63) is 117 Å². The molecule has 0 aliphatic carbocycles. The Labute approximate surface area is 176 Å². The maximum atomic E-state index is 13.8. The average molecular weight is 417 g/mol. The number of benzene rings is 3. The van der Waals surface area contributed by atoms with Crippen LogP contribution in [0.3, 0.4) is 0 Å². The molecule has 31 heavy (non-hydrogen) atoms. The summed E-state index contributed by atoms with van der Waals surface area (Å²) in [6.07, 6.45) is 0. The van der Waals surface area contributed by atoms with Crippen molar-refractivity contribution in [3.63, 3.8) is 0 Å². The first-order chi connectivity index (χ1) is 14.9. The highest BCUT2D eigenvalue weighted by molar-refractivity contribution is 5.99. The van der Waals surface area contributed by atoms with Gasteiger partial charge >= 0.3 is 0 Å². The van der Waals surface area contributed by atoms with Crippen LogP contribution in [0.1, 0.15) is 38.9 Å². The Balaban J connectivity index is 1.72. The van der Waals surface area contributed by atoms with Gasteiger partial charge in [-0.25, -0.2) is 8.78 Å². The van der Waals surface area contributed by atoms with E-state index in [4.69, 9.17) is 4.42 Å². The molecule has 0 N–H and O–H groups in total. The molecule has 0 fully saturated rings. The van der Waals surface area contributed by atoms with Gasteiger partial charge in [0.25, 0.3) is 5.91 Å². The third-order valence-electron chi connectivity index (χ3n) is 5.59. The number of rotatable bonds is 3. The van der Waals surface area contributed by atoms with E-state index in [1.807, 2.05) is 31.2 Å². The topological polar surface area (TPSA) is 50.5 Å². The fourth-order valence-corrected chi connectivity index (χ4v) is 4.04. The van der Waals surface area contributed by atoms with Crippen LogP contribution in [-0.2, 0) is 6.54 Å². The minimum Gasteiger partial charge on any atom is -0.450 e. The summed E-state index contributed by atoms with van der Waals surface area (Å²) in [4.78, 5) is 28.2. The molecular formula is C25H17F2NO3. The largest absolute Gasteiger partial charge is 0.450 e. The summed E-state index contributed by atoms with van der Waals surface area (Å²) in [5.41, 5.74) is 2.35. The quantitative estimate of drug-likeness (QED) is 0.465. The Hall–Kier alpha value is -3.80. The third kappa shape index (κ3) is 3.20. The third-order valence-corrected chi connectivity index (χ3v) is 5.59. The molecule has 5 rings (SSSR count). The van der Waals surface area contributed by atoms with E-state index < -0.39 is 29.0 Å². The lowest BCUT2D eigenvalue weighted by atomic mass is 9.98. The van der Waals surface area contributed by atoms with Gasteiger partial charge in [0.15, 0.2) is 5.43 Å². The van der Waals surface area contributed by atoms with E-state index in [0.717, 1.165) is 17.2 Å². The van der Waals surface area contributed by atoms with E-state index in [2.05, 4.69) is 0 Å². The van der Waals surface area contributed by atoms with E-state index >= 15 is 0 Å². The molecule has 0 bridgehead atoms. The van der Waals surface area contributed by atoms with E-state index in [0.29, 0.717) is 5.56 Å². The second-order valence-corrected chi connectivity index (χ2v) is 7.69. The number of nitrogens with zero attached hydrogens (tertiary/aromatic N) is 1. The molecule has 154 valence electrons. The lowest BCUT2D eigenvalue weighted by Crippen LogP contribution is -2.29. The predicted octanol–water partition coefficient (Wildman–Crippen LogP) is 5.13. The second kappa shape index (κ2) is 7.16. The molecule has 3 aromatic carbocycles. The number of aryl methyl sites for hydroxylation is 1. The number of carbonyl (C=O) groups excluding carboxylic acids is 1. The number of fused-ring (bicyclic) bond motifs is 2. The first-order valence-electron chi connectivity index (χ1n) is 9.80. The molecule has 4 aromatic rings. The van der Waals surface area contributed by atoms with Gasteiger partial charge in [-0.1, -0.05) is 42.0 Å². The molecule has 1 amide bonds. The average Bonchev–Trinajstić information content (AvgIpc) is 3.03. The lowest BCUT2D eigenvalue weighted by Gasteiger charge is -2.25. The van der Waals surface area contributed by atoms with Gasteiger partial charge in [-0.15, -0.1) is 0 Å². The Morgan fingerprint density at radius 2 is 1.58 bits per heavy atom. The van der Waals surface area contributed by atoms with Gasteiger partial charge in [-0.05, 0) is 48.4 Å². The number of amides is 1. The zero-order valence-electron chi connectivity index (χ0n) is 16.6. The van der Waals surface area contributed by atoms with Crippen LogP contribution >= 0.6 is 0 Å². The zero-order chi connectivity index (χ0) is 21.7. The summed E-state index contributed by atoms with van der Waals surface area (Å²) in [5.74, 6) is -1.50. The Bertz CT molecular complexity index is 1380. The summed E-state index contributed by atoms with van der Waals surface area (Å²) in [7, 11) is 0. The zero-order valence-corrected chi connectivity index (χ0v) is 16.6. The summed E-state index contributed by atoms with van der Waals surface area (Å²) < 4.78 is 33.1. The number of hydrogen-bond acceptors (Lipinski definition) is 3. The number of halogens is 2. The van der Waals surface area contributed by atoms with Gasteiger partial charge in [-0.3, -0.25) is 9.59 Å². The second-order valence-electron chi connectivity index (χ2n) is 7.69. The predicted molar refractivity (Wildman–Crippen MR) is 112 cm³/mol. The number of carbonyl (C=O) groups is 1. The molecule has 1 aromatic heterocycles. The maximum absolute atomic E-state index is 13.8. The molecule has 6 heteroatoms. The van der Waals surface area contributed by atoms with Crippen molar-refractivity contribution in [3.8, 4) is 0 Å². The molecule has 1 aliphatic rings. The fourth-order valence-electron chi connectivity index (χ4n) is 4.04. The lowest BCUT2D eigenvalue weighted by molar-refractivity contribution is 0.0714. The van der Waals surface area contributed by atoms with Crippen molar-refractivity contribution in [2.75, 3.05) is 0 Å². The highest BCUT2D eigenvalue weighted by atomic mass is 19.1. The van der Waals surface area contributed by atoms with Crippen molar-refractivity contribution in [2.45, 2.75) is 19.5 Å². The summed E-state index contributed by atoms with van der Waals surface area (Å²) >= 11 is 0. The van der Waals surface area contributed by atoms with Crippen LogP contribution in [0.5, 0.6) is 0 Å². The first-order valence-corrected chi connectivity index (χ1v) is 9.80. The molecule has 0 saturated heterocycles. The SMILES string of the molecule is Cc1ccc(CN2C(=O)c3oc4ccc(F)cc4c(=O)c3C2c2ccc(F)cc2)cc1. The molecule has 4 nitrogen and oxygen atoms in total. The molecule has 0 spiro atoms. The van der Waals surface area contributed by atoms with E-state index in [1.54, 1.807) is 12.1 Å². The van der Waals surface area contributed by atoms with Crippen LogP contribution in [0, 0.1) is 18.6 Å². The fraction of sp³-hybridized carbons (Fsp3) is 0.120. The van der Waals surface area contributed by atoms with Crippen molar-refractivity contribution in [2.24, 2.45) is 0 Å². The monoisotopic (exact) mass is 417 g/mol. The van der Waals surface area contributed by atoms with Crippen molar-refractivity contribution < 1.29 is 18.0 Å². The van der Waals surface area contributed by atoms with Gasteiger partial charge in [0.1, 0.15) is 17.2 Å². The minimum atomic E-state index is -0.770. The van der Waals surface area contributed by atoms with E-state index in [1.165, 1.54) is 29.2 Å².